The molecule has 3 aliphatic heterocycles. The Morgan fingerprint density at radius 1 is 0.778 bits per heavy atom. The quantitative estimate of drug-likeness (QED) is 0.172. The number of aromatic nitrogens is 5. The van der Waals surface area contributed by atoms with Crippen LogP contribution in [0.4, 0.5) is 27.2 Å². The lowest BCUT2D eigenvalue weighted by Crippen LogP contribution is -2.38. The average molecular weight is 750 g/mol. The van der Waals surface area contributed by atoms with Gasteiger partial charge >= 0.3 is 12.2 Å². The fourth-order valence-electron chi connectivity index (χ4n) is 7.27. The zero-order valence-electron chi connectivity index (χ0n) is 30.5. The first-order valence-corrected chi connectivity index (χ1v) is 17.6. The van der Waals surface area contributed by atoms with Gasteiger partial charge in [0.05, 0.1) is 60.2 Å². The van der Waals surface area contributed by atoms with Crippen LogP contribution in [0.15, 0.2) is 55.0 Å². The van der Waals surface area contributed by atoms with E-state index < -0.39 is 73.2 Å². The molecule has 12 nitrogen and oxygen atoms in total. The monoisotopic (exact) mass is 749 g/mol. The van der Waals surface area contributed by atoms with Gasteiger partial charge in [-0.3, -0.25) is 9.80 Å². The molecule has 54 heavy (non-hydrogen) atoms. The molecule has 6 heterocycles. The number of rotatable bonds is 4. The van der Waals surface area contributed by atoms with Crippen LogP contribution in [0.2, 0.25) is 0 Å². The maximum Gasteiger partial charge on any atom is 0.411 e. The highest BCUT2D eigenvalue weighted by molar-refractivity contribution is 6.00. The van der Waals surface area contributed by atoms with Crippen LogP contribution in [0.1, 0.15) is 78.1 Å². The molecular formula is C38H39F4N7O5. The Morgan fingerprint density at radius 3 is 1.91 bits per heavy atom. The summed E-state index contributed by atoms with van der Waals surface area (Å²) in [4.78, 5) is 42.9. The topological polar surface area (TPSA) is 131 Å². The Labute approximate surface area is 307 Å². The number of alkyl halides is 4. The van der Waals surface area contributed by atoms with Crippen LogP contribution < -0.4 is 4.74 Å². The number of nitrogens with zero attached hydrogens (tertiary/aromatic N) is 5. The smallest absolute Gasteiger partial charge is 0.411 e. The van der Waals surface area contributed by atoms with Crippen molar-refractivity contribution in [3.05, 3.63) is 66.6 Å². The first kappa shape index (κ1) is 35.5. The maximum atomic E-state index is 14.6. The van der Waals surface area contributed by atoms with Gasteiger partial charge in [0.15, 0.2) is 11.5 Å². The standard InChI is InChI=1S/C38H39F4N7O5/c1-35(2,3)53-33(50)48-18-37(39,40)14-26(48)31-43-16-23(45-31)20-7-9-25-29(13-20)52-28-10-8-21(22-11-12-47(25)30(22)28)24-17-44-32(46-24)27-15-38(41,42)19-49(27)34(51)54-36(4,5)6/h7-13,16-17,26-27H,14-15,18-19H2,1-6H3,(H,43,45)(H,44,46)/t26-,27-/m0/s1. The third kappa shape index (κ3) is 6.51. The molecule has 2 amide bonds. The number of nitrogens with one attached hydrogen (secondary N) is 2. The van der Waals surface area contributed by atoms with Crippen molar-refractivity contribution in [3.63, 3.8) is 0 Å². The summed E-state index contributed by atoms with van der Waals surface area (Å²) in [6.07, 6.45) is 2.17. The molecule has 3 aromatic heterocycles. The largest absolute Gasteiger partial charge is 0.453 e. The van der Waals surface area contributed by atoms with E-state index in [1.807, 2.05) is 41.1 Å². The molecule has 0 unspecified atom stereocenters. The molecule has 284 valence electrons. The number of imidazole rings is 2. The van der Waals surface area contributed by atoms with E-state index in [0.717, 1.165) is 32.0 Å². The van der Waals surface area contributed by atoms with Crippen molar-refractivity contribution in [3.8, 4) is 39.7 Å². The van der Waals surface area contributed by atoms with Crippen molar-refractivity contribution in [1.29, 1.82) is 0 Å². The number of benzene rings is 2. The number of carbonyl (C=O) groups excluding carboxylic acids is 2. The number of fused-ring (bicyclic) bond motifs is 2. The predicted molar refractivity (Wildman–Crippen MR) is 189 cm³/mol. The highest BCUT2D eigenvalue weighted by atomic mass is 19.3. The van der Waals surface area contributed by atoms with Gasteiger partial charge in [0.1, 0.15) is 22.9 Å². The highest BCUT2D eigenvalue weighted by Crippen LogP contribution is 2.47. The van der Waals surface area contributed by atoms with Crippen molar-refractivity contribution < 1.29 is 41.4 Å². The summed E-state index contributed by atoms with van der Waals surface area (Å²) >= 11 is 0. The molecule has 5 aromatic rings. The molecule has 8 rings (SSSR count). The number of carbonyl (C=O) groups is 2. The molecule has 16 heteroatoms. The van der Waals surface area contributed by atoms with Gasteiger partial charge in [-0.05, 0) is 71.9 Å². The van der Waals surface area contributed by atoms with E-state index >= 15 is 0 Å². The van der Waals surface area contributed by atoms with E-state index in [4.69, 9.17) is 14.2 Å². The van der Waals surface area contributed by atoms with E-state index in [2.05, 4.69) is 19.9 Å². The average Bonchev–Trinajstić information content (AvgIpc) is 3.89. The van der Waals surface area contributed by atoms with Crippen molar-refractivity contribution in [2.75, 3.05) is 13.1 Å². The second-order valence-electron chi connectivity index (χ2n) is 16.1. The lowest BCUT2D eigenvalue weighted by Gasteiger charge is -2.27. The van der Waals surface area contributed by atoms with Crippen LogP contribution in [0.5, 0.6) is 11.5 Å². The summed E-state index contributed by atoms with van der Waals surface area (Å²) in [6, 6.07) is 9.12. The van der Waals surface area contributed by atoms with Gasteiger partial charge in [0, 0.05) is 35.6 Å². The summed E-state index contributed by atoms with van der Waals surface area (Å²) in [5, 5.41) is 0.819. The van der Waals surface area contributed by atoms with Crippen LogP contribution in [0.25, 0.3) is 39.1 Å². The third-order valence-electron chi connectivity index (χ3n) is 9.47. The van der Waals surface area contributed by atoms with Crippen LogP contribution in [-0.4, -0.2) is 82.6 Å². The Kier molecular flexibility index (Phi) is 7.88. The lowest BCUT2D eigenvalue weighted by molar-refractivity contribution is -0.00248. The molecule has 2 aromatic carbocycles. The van der Waals surface area contributed by atoms with Gasteiger partial charge in [-0.25, -0.2) is 37.1 Å². The van der Waals surface area contributed by atoms with Gasteiger partial charge in [-0.1, -0.05) is 6.07 Å². The van der Waals surface area contributed by atoms with E-state index in [-0.39, 0.29) is 11.6 Å². The fourth-order valence-corrected chi connectivity index (χ4v) is 7.27. The summed E-state index contributed by atoms with van der Waals surface area (Å²) in [5.74, 6) is -4.64. The van der Waals surface area contributed by atoms with E-state index in [9.17, 15) is 27.2 Å². The second kappa shape index (κ2) is 12.0. The zero-order chi connectivity index (χ0) is 38.5. The van der Waals surface area contributed by atoms with Gasteiger partial charge in [-0.15, -0.1) is 0 Å². The first-order valence-electron chi connectivity index (χ1n) is 17.6. The number of likely N-dealkylation sites (tertiary alicyclic amines) is 2. The Balaban J connectivity index is 1.06. The van der Waals surface area contributed by atoms with E-state index in [1.165, 1.54) is 6.20 Å². The number of halogens is 4. The Morgan fingerprint density at radius 2 is 1.33 bits per heavy atom. The SMILES string of the molecule is CC(C)(C)OC(=O)N1CC(F)(F)C[C@H]1c1ncc(-c2ccc3c(c2)Oc2ccc(-c4cnc([C@@H]5CC(F)(F)CN5C(=O)OC(C)(C)C)[nH]4)c4ccn-3c24)[nH]1. The number of amides is 2. The minimum atomic E-state index is -3.10. The van der Waals surface area contributed by atoms with E-state index in [0.29, 0.717) is 28.5 Å². The number of hydrogen-bond acceptors (Lipinski definition) is 7. The number of hydrogen-bond donors (Lipinski definition) is 2. The maximum absolute atomic E-state index is 14.6. The van der Waals surface area contributed by atoms with Crippen molar-refractivity contribution in [2.24, 2.45) is 0 Å². The van der Waals surface area contributed by atoms with Gasteiger partial charge < -0.3 is 28.7 Å². The minimum Gasteiger partial charge on any atom is -0.453 e. The molecular weight excluding hydrogens is 710 g/mol. The second-order valence-corrected chi connectivity index (χ2v) is 16.1. The lowest BCUT2D eigenvalue weighted by atomic mass is 10.1. The van der Waals surface area contributed by atoms with Crippen molar-refractivity contribution in [1.82, 2.24) is 34.3 Å². The molecule has 0 saturated carbocycles. The van der Waals surface area contributed by atoms with Crippen molar-refractivity contribution in [2.45, 2.75) is 89.5 Å². The number of H-pyrrole nitrogens is 2. The molecule has 0 radical (unpaired) electrons. The van der Waals surface area contributed by atoms with Crippen molar-refractivity contribution >= 4 is 23.1 Å². The summed E-state index contributed by atoms with van der Waals surface area (Å²) in [7, 11) is 0. The van der Waals surface area contributed by atoms with Crippen LogP contribution in [0.3, 0.4) is 0 Å². The Bertz CT molecular complexity index is 2300. The van der Waals surface area contributed by atoms with Crippen LogP contribution >= 0.6 is 0 Å². The molecule has 3 aliphatic rings. The molecule has 2 atom stereocenters. The predicted octanol–water partition coefficient (Wildman–Crippen LogP) is 9.15. The summed E-state index contributed by atoms with van der Waals surface area (Å²) in [5.41, 5.74) is 2.39. The molecule has 2 fully saturated rings. The zero-order valence-corrected chi connectivity index (χ0v) is 30.5. The van der Waals surface area contributed by atoms with Gasteiger partial charge in [0.25, 0.3) is 11.8 Å². The summed E-state index contributed by atoms with van der Waals surface area (Å²) < 4.78 is 77.6. The Hall–Kier alpha value is -5.54. The van der Waals surface area contributed by atoms with Gasteiger partial charge in [-0.2, -0.15) is 0 Å². The normalized spacial score (nSPS) is 20.3. The third-order valence-corrected chi connectivity index (χ3v) is 9.47. The fraction of sp³-hybridized carbons (Fsp3) is 0.421. The summed E-state index contributed by atoms with van der Waals surface area (Å²) in [6.45, 7) is 8.53. The molecule has 0 bridgehead atoms. The molecule has 0 spiro atoms. The number of aromatic amines is 2. The molecule has 2 saturated heterocycles. The minimum absolute atomic E-state index is 0.220. The van der Waals surface area contributed by atoms with Crippen LogP contribution in [0, 0.1) is 0 Å². The molecule has 2 N–H and O–H groups in total. The van der Waals surface area contributed by atoms with E-state index in [1.54, 1.807) is 53.8 Å². The highest BCUT2D eigenvalue weighted by Gasteiger charge is 2.51. The number of ether oxygens (including phenoxy) is 3. The van der Waals surface area contributed by atoms with Gasteiger partial charge in [0.2, 0.25) is 0 Å². The first-order chi connectivity index (χ1) is 25.2. The van der Waals surface area contributed by atoms with Crippen LogP contribution in [-0.2, 0) is 9.47 Å². The molecule has 0 aliphatic carbocycles.